The Morgan fingerprint density at radius 2 is 0.587 bits per heavy atom. The van der Waals surface area contributed by atoms with Gasteiger partial charge in [-0.1, -0.05) is 290 Å². The lowest BCUT2D eigenvalue weighted by atomic mass is 10.0. The number of phosphoric ester groups is 2. The van der Waals surface area contributed by atoms with E-state index in [1.54, 1.807) is 97.1 Å². The molecule has 150 heavy (non-hydrogen) atoms. The Morgan fingerprint density at radius 3 is 0.967 bits per heavy atom. The van der Waals surface area contributed by atoms with Crippen LogP contribution in [-0.2, 0) is 53.4 Å². The van der Waals surface area contributed by atoms with Gasteiger partial charge in [0.15, 0.2) is 55.8 Å². The van der Waals surface area contributed by atoms with Crippen molar-refractivity contribution in [3.8, 4) is 62.9 Å². The van der Waals surface area contributed by atoms with Gasteiger partial charge in [0.05, 0.1) is 5.30 Å². The quantitative estimate of drug-likeness (QED) is 0.0250. The molecule has 18 rings (SSSR count). The van der Waals surface area contributed by atoms with Crippen LogP contribution >= 0.6 is 62.6 Å². The third-order valence-electron chi connectivity index (χ3n) is 20.9. The van der Waals surface area contributed by atoms with Crippen LogP contribution in [0.3, 0.4) is 0 Å². The van der Waals surface area contributed by atoms with Crippen LogP contribution in [0.15, 0.2) is 417 Å². The fraction of sp³-hybridized carbons (Fsp3) is 0.172. The summed E-state index contributed by atoms with van der Waals surface area (Å²) < 4.78 is 179. The van der Waals surface area contributed by atoms with Crippen molar-refractivity contribution in [3.63, 3.8) is 0 Å². The number of phosphoric acid groups is 2. The van der Waals surface area contributed by atoms with Crippen molar-refractivity contribution in [2.24, 2.45) is 0 Å². The number of hydrogen-bond acceptors (Lipinski definition) is 22. The van der Waals surface area contributed by atoms with Crippen LogP contribution in [0.4, 0.5) is 0 Å². The van der Waals surface area contributed by atoms with E-state index in [2.05, 4.69) is 19.6 Å². The van der Waals surface area contributed by atoms with Crippen molar-refractivity contribution in [3.05, 3.63) is 457 Å². The molecule has 0 aliphatic carbocycles. The van der Waals surface area contributed by atoms with Crippen LogP contribution < -0.4 is 67.2 Å². The maximum Gasteiger partial charge on any atom is 0.805 e. The lowest BCUT2D eigenvalue weighted by molar-refractivity contribution is 0.292. The third-order valence-corrected chi connectivity index (χ3v) is 42.6. The normalized spacial score (nSPS) is 12.5. The van der Waals surface area contributed by atoms with Crippen LogP contribution in [0.2, 0.25) is 78.6 Å². The second-order valence-corrected chi connectivity index (χ2v) is 68.7. The molecule has 1 aliphatic rings. The van der Waals surface area contributed by atoms with E-state index in [-0.39, 0.29) is 0 Å². The number of benzene rings is 16. The predicted octanol–water partition coefficient (Wildman–Crippen LogP) is 35.3. The van der Waals surface area contributed by atoms with Gasteiger partial charge in [0.1, 0.15) is 28.7 Å². The first-order valence-corrected chi connectivity index (χ1v) is 72.6. The molecule has 2 heterocycles. The van der Waals surface area contributed by atoms with E-state index in [1.165, 1.54) is 0 Å². The summed E-state index contributed by atoms with van der Waals surface area (Å²) in [5.41, 5.74) is 9.96. The number of rotatable bonds is 28. The molecular weight excluding hydrogens is 2110 g/mol. The van der Waals surface area contributed by atoms with Crippen LogP contribution in [-0.4, -0.2) is 33.3 Å². The molecule has 776 valence electrons. The highest BCUT2D eigenvalue weighted by Gasteiger charge is 2.44. The van der Waals surface area contributed by atoms with Crippen molar-refractivity contribution in [2.75, 3.05) is 0 Å². The number of hydrogen-bond donors (Lipinski definition) is 0. The molecule has 1 aliphatic heterocycles. The van der Waals surface area contributed by atoms with Gasteiger partial charge in [-0.05, 0) is 310 Å². The van der Waals surface area contributed by atoms with E-state index in [0.29, 0.717) is 62.6 Å². The van der Waals surface area contributed by atoms with E-state index >= 15 is 0 Å². The lowest BCUT2D eigenvalue weighted by Crippen LogP contribution is -2.30. The smallest absolute Gasteiger partial charge is 0.421 e. The van der Waals surface area contributed by atoms with Crippen molar-refractivity contribution in [2.45, 2.75) is 134 Å². The van der Waals surface area contributed by atoms with Gasteiger partial charge in [-0.2, -0.15) is 0 Å². The zero-order valence-corrected chi connectivity index (χ0v) is 99.0. The van der Waals surface area contributed by atoms with Gasteiger partial charge in [-0.3, -0.25) is 4.57 Å². The van der Waals surface area contributed by atoms with Crippen LogP contribution in [0.5, 0.6) is 51.7 Å². The molecule has 0 radical (unpaired) electrons. The summed E-state index contributed by atoms with van der Waals surface area (Å²) in [5, 5.41) is 6.78. The molecule has 0 saturated carbocycles. The molecule has 0 amide bonds. The molecular formula is C116H128O22P8Si4+4. The second kappa shape index (κ2) is 55.0. The molecule has 22 nitrogen and oxygen atoms in total. The summed E-state index contributed by atoms with van der Waals surface area (Å²) in [5.74, 6) is 4.95. The maximum absolute atomic E-state index is 13.5. The summed E-state index contributed by atoms with van der Waals surface area (Å²) in [6.45, 7) is 39.3. The maximum atomic E-state index is 13.5. The molecule has 0 N–H and O–H groups in total. The Bertz CT molecular complexity index is 7260. The van der Waals surface area contributed by atoms with E-state index < -0.39 is 95.8 Å². The summed E-state index contributed by atoms with van der Waals surface area (Å²) in [4.78, 5) is 0. The van der Waals surface area contributed by atoms with Gasteiger partial charge < -0.3 is 39.5 Å². The average molecular weight is 2230 g/mol. The highest BCUT2D eigenvalue weighted by Crippen LogP contribution is 2.59. The first-order chi connectivity index (χ1) is 71.2. The summed E-state index contributed by atoms with van der Waals surface area (Å²) >= 11 is 0. The van der Waals surface area contributed by atoms with Crippen molar-refractivity contribution in [1.82, 2.24) is 0 Å². The van der Waals surface area contributed by atoms with Crippen molar-refractivity contribution < 1.29 is 98.3 Å². The van der Waals surface area contributed by atoms with Gasteiger partial charge >= 0.3 is 55.2 Å². The average Bonchev–Trinajstić information content (AvgIpc) is 0.743. The van der Waals surface area contributed by atoms with Crippen molar-refractivity contribution >= 4 is 144 Å². The minimum absolute atomic E-state index is 0.454. The van der Waals surface area contributed by atoms with Crippen LogP contribution in [0.1, 0.15) is 44.5 Å². The standard InChI is InChI=1S/C19H27O4PSi.C16H18O3P.C15H19O4PSi.C15H17O3PSi.C15H19O2PSi.C12H10O3P.C12H8O2P.C12H10OP/c1-14-10-8-11-15(2)18(14)21-24(20,23-25(5,6)7)22-19-16(3)12-9-13-17(19)4;1-11-7-5-8-12(2)15(11)18-20(17)19-16-13(3)9-6-10-14(16)4;1-21(2,3)19-20(16,17-14-10-6-4-7-11-14)18-15-12-8-5-9-13-15;1-20(2,3)18-19(16)15-11-7-5-9-13(15)12-8-4-6-10-14(12)17-19;1-19(2,3)17-18(16,14-10-6-4-7-11-14)15-12-8-5-9-13-15;13-16(14-11-7-3-1-4-8-11)15-12-9-5-2-6-10-12;13-15-12-8-4-2-6-10(12)9-5-1-3-7-11(9)14-15;13-14(11-7-3-1-4-8-11)12-9-5-2-6-10-12/h8-13H,1-7H3;5-10H,1-4H3;4-13H,1-3H3;4-11H,1-3H3;4-13H,1-3H3;1-10H;1-8H;1-10H/q;+1;;;;3*+1. The predicted molar refractivity (Wildman–Crippen MR) is 623 cm³/mol. The molecule has 2 atom stereocenters. The topological polar surface area (TPSA) is 270 Å². The minimum Gasteiger partial charge on any atom is -0.421 e. The molecule has 2 unspecified atom stereocenters. The molecule has 0 spiro atoms. The lowest BCUT2D eigenvalue weighted by Gasteiger charge is -2.31. The first kappa shape index (κ1) is 118. The Morgan fingerprint density at radius 1 is 0.287 bits per heavy atom. The van der Waals surface area contributed by atoms with Crippen LogP contribution in [0.25, 0.3) is 32.6 Å². The van der Waals surface area contributed by atoms with E-state index in [1.807, 2.05) is 430 Å². The fourth-order valence-corrected chi connectivity index (χ4v) is 36.2. The number of aryl methyl sites for hydroxylation is 8. The number of fused-ring (bicyclic) bond motifs is 6. The second-order valence-electron chi connectivity index (χ2n) is 38.2. The molecule has 0 saturated heterocycles. The molecule has 0 fully saturated rings. The summed E-state index contributed by atoms with van der Waals surface area (Å²) in [7, 11) is -29.6. The number of para-hydroxylation sites is 10. The Balaban J connectivity index is 0.000000163. The van der Waals surface area contributed by atoms with Gasteiger partial charge in [-0.25, -0.2) is 36.0 Å². The van der Waals surface area contributed by atoms with Gasteiger partial charge in [-0.15, -0.1) is 0 Å². The minimum atomic E-state index is -3.83. The highest BCUT2D eigenvalue weighted by molar-refractivity contribution is 7.75. The Labute approximate surface area is 889 Å². The van der Waals surface area contributed by atoms with Crippen LogP contribution in [0, 0.1) is 55.4 Å². The summed E-state index contributed by atoms with van der Waals surface area (Å²) in [6, 6.07) is 127. The Kier molecular flexibility index (Phi) is 43.2. The summed E-state index contributed by atoms with van der Waals surface area (Å²) in [6.07, 6.45) is 0. The first-order valence-electron chi connectivity index (χ1n) is 48.3. The largest absolute Gasteiger partial charge is 0.805 e. The molecule has 34 heteroatoms. The van der Waals surface area contributed by atoms with E-state index in [0.717, 1.165) is 92.7 Å². The zero-order chi connectivity index (χ0) is 108. The monoisotopic (exact) mass is 2230 g/mol. The SMILES string of the molecule is C[Si](C)(C)OP(=O)(Oc1ccccc1)Oc1ccccc1.C[Si](C)(C)OP(=O)(c1ccccc1)c1ccccc1.C[Si](C)(C)OP1(=O)Oc2ccccc2-c2ccccc21.Cc1cccc(C)c1OP(=O)(Oc1c(C)cccc1C)O[Si](C)(C)C.Cc1cccc(C)c1O[P+](=O)Oc1c(C)cccc1C.O=[P+](Oc1ccccc1)Oc1ccccc1.O=[P+](c1ccccc1)c1ccccc1.O=[p+]1oc2ccccc2c2ccccc21. The van der Waals surface area contributed by atoms with Gasteiger partial charge in [0.25, 0.3) is 7.37 Å². The molecule has 0 bridgehead atoms. The fourth-order valence-electron chi connectivity index (χ4n) is 14.6. The highest BCUT2D eigenvalue weighted by atomic mass is 31.2. The van der Waals surface area contributed by atoms with Crippen molar-refractivity contribution in [1.29, 1.82) is 0 Å². The van der Waals surface area contributed by atoms with Gasteiger partial charge in [0.2, 0.25) is 21.8 Å². The Hall–Kier alpha value is -12.5. The van der Waals surface area contributed by atoms with Gasteiger partial charge in [0, 0.05) is 41.6 Å². The zero-order valence-electron chi connectivity index (χ0n) is 87.8. The third kappa shape index (κ3) is 36.7. The molecule has 16 aromatic carbocycles. The van der Waals surface area contributed by atoms with E-state index in [4.69, 9.17) is 61.8 Å². The molecule has 17 aromatic rings. The molecule has 1 aromatic heterocycles. The van der Waals surface area contributed by atoms with E-state index in [9.17, 15) is 36.5 Å².